The summed E-state index contributed by atoms with van der Waals surface area (Å²) < 4.78 is 11.2. The van der Waals surface area contributed by atoms with E-state index in [4.69, 9.17) is 9.47 Å². The van der Waals surface area contributed by atoms with Gasteiger partial charge in [0.15, 0.2) is 0 Å². The van der Waals surface area contributed by atoms with Gasteiger partial charge in [0.2, 0.25) is 0 Å². The zero-order valence-electron chi connectivity index (χ0n) is 16.2. The second-order valence-electron chi connectivity index (χ2n) is 8.02. The van der Waals surface area contributed by atoms with Crippen molar-refractivity contribution in [2.45, 2.75) is 71.1 Å². The molecular formula is C22H33NO3. The van der Waals surface area contributed by atoms with Gasteiger partial charge in [-0.05, 0) is 43.6 Å². The van der Waals surface area contributed by atoms with Crippen LogP contribution in [0, 0.1) is 11.3 Å². The largest absolute Gasteiger partial charge is 0.460 e. The Morgan fingerprint density at radius 2 is 1.96 bits per heavy atom. The maximum atomic E-state index is 13.1. The van der Waals surface area contributed by atoms with Gasteiger partial charge in [-0.1, -0.05) is 50.6 Å². The molecule has 0 aromatic heterocycles. The minimum Gasteiger partial charge on any atom is -0.460 e. The Balaban J connectivity index is 1.62. The van der Waals surface area contributed by atoms with Crippen LogP contribution in [0.2, 0.25) is 0 Å². The van der Waals surface area contributed by atoms with Crippen LogP contribution in [0.15, 0.2) is 30.3 Å². The van der Waals surface area contributed by atoms with Gasteiger partial charge in [-0.25, -0.2) is 0 Å². The predicted octanol–water partition coefficient (Wildman–Crippen LogP) is 4.08. The molecule has 0 bridgehead atoms. The van der Waals surface area contributed by atoms with Gasteiger partial charge in [-0.15, -0.1) is 0 Å². The number of hydrogen-bond donors (Lipinski definition) is 1. The van der Waals surface area contributed by atoms with Crippen molar-refractivity contribution in [3.8, 4) is 0 Å². The van der Waals surface area contributed by atoms with Crippen LogP contribution in [-0.4, -0.2) is 31.3 Å². The van der Waals surface area contributed by atoms with Crippen molar-refractivity contribution >= 4 is 5.97 Å². The van der Waals surface area contributed by atoms with Crippen molar-refractivity contribution < 1.29 is 14.3 Å². The molecule has 1 saturated carbocycles. The molecule has 4 nitrogen and oxygen atoms in total. The lowest BCUT2D eigenvalue weighted by atomic mass is 9.73. The highest BCUT2D eigenvalue weighted by atomic mass is 16.5. The zero-order valence-corrected chi connectivity index (χ0v) is 16.2. The summed E-state index contributed by atoms with van der Waals surface area (Å²) in [5, 5.41) is 3.79. The van der Waals surface area contributed by atoms with Gasteiger partial charge in [-0.3, -0.25) is 4.79 Å². The summed E-state index contributed by atoms with van der Waals surface area (Å²) in [6.45, 7) is 6.45. The van der Waals surface area contributed by atoms with E-state index in [1.807, 2.05) is 30.3 Å². The molecule has 1 heterocycles. The Morgan fingerprint density at radius 3 is 2.65 bits per heavy atom. The maximum Gasteiger partial charge on any atom is 0.312 e. The van der Waals surface area contributed by atoms with E-state index in [2.05, 4.69) is 19.2 Å². The van der Waals surface area contributed by atoms with Crippen LogP contribution in [0.25, 0.3) is 0 Å². The lowest BCUT2D eigenvalue weighted by Crippen LogP contribution is -2.43. The molecule has 1 saturated heterocycles. The van der Waals surface area contributed by atoms with Crippen molar-refractivity contribution in [2.24, 2.45) is 11.3 Å². The minimum absolute atomic E-state index is 0.00743. The summed E-state index contributed by atoms with van der Waals surface area (Å²) in [4.78, 5) is 13.1. The van der Waals surface area contributed by atoms with Crippen LogP contribution in [-0.2, 0) is 20.9 Å². The molecule has 144 valence electrons. The van der Waals surface area contributed by atoms with E-state index < -0.39 is 0 Å². The van der Waals surface area contributed by atoms with Crippen molar-refractivity contribution in [3.63, 3.8) is 0 Å². The van der Waals surface area contributed by atoms with Crippen LogP contribution in [0.1, 0.15) is 57.9 Å². The Bertz CT molecular complexity index is 570. The molecule has 2 aliphatic rings. The summed E-state index contributed by atoms with van der Waals surface area (Å²) >= 11 is 0. The van der Waals surface area contributed by atoms with E-state index in [1.165, 1.54) is 0 Å². The highest BCUT2D eigenvalue weighted by Gasteiger charge is 2.49. The molecule has 4 heteroatoms. The average Bonchev–Trinajstić information content (AvgIpc) is 3.12. The van der Waals surface area contributed by atoms with Crippen LogP contribution in [0.4, 0.5) is 0 Å². The first kappa shape index (κ1) is 19.4. The van der Waals surface area contributed by atoms with E-state index in [-0.39, 0.29) is 11.4 Å². The third-order valence-electron chi connectivity index (χ3n) is 6.42. The van der Waals surface area contributed by atoms with E-state index >= 15 is 0 Å². The van der Waals surface area contributed by atoms with Gasteiger partial charge in [0, 0.05) is 25.3 Å². The molecule has 1 aliphatic heterocycles. The maximum absolute atomic E-state index is 13.1. The Morgan fingerprint density at radius 1 is 1.23 bits per heavy atom. The van der Waals surface area contributed by atoms with Crippen LogP contribution in [0.3, 0.4) is 0 Å². The number of carbonyl (C=O) groups excluding carboxylic acids is 1. The molecule has 3 rings (SSSR count). The fourth-order valence-electron chi connectivity index (χ4n) is 4.51. The molecule has 1 aromatic carbocycles. The zero-order chi connectivity index (χ0) is 18.4. The fraction of sp³-hybridized carbons (Fsp3) is 0.682. The number of carbonyl (C=O) groups is 1. The van der Waals surface area contributed by atoms with Crippen molar-refractivity contribution in [3.05, 3.63) is 35.9 Å². The SMILES string of the molecule is CCC(C)C1(C(=O)OCc2ccccc2)CCC(NC2CCOCC2)C1. The molecule has 3 atom stereocenters. The standard InChI is InChI=1S/C22H33NO3/c1-3-17(2)22(21(24)26-16-18-7-5-4-6-8-18)12-9-20(15-22)23-19-10-13-25-14-11-19/h4-8,17,19-20,23H,3,9-16H2,1-2H3. The van der Waals surface area contributed by atoms with E-state index in [9.17, 15) is 4.79 Å². The Kier molecular flexibility index (Phi) is 6.71. The first-order valence-electron chi connectivity index (χ1n) is 10.2. The normalized spacial score (nSPS) is 28.0. The lowest BCUT2D eigenvalue weighted by Gasteiger charge is -2.34. The van der Waals surface area contributed by atoms with Crippen LogP contribution >= 0.6 is 0 Å². The molecular weight excluding hydrogens is 326 g/mol. The number of benzene rings is 1. The highest BCUT2D eigenvalue weighted by Crippen LogP contribution is 2.47. The summed E-state index contributed by atoms with van der Waals surface area (Å²) in [5.41, 5.74) is 0.710. The number of nitrogens with one attached hydrogen (secondary N) is 1. The quantitative estimate of drug-likeness (QED) is 0.745. The average molecular weight is 360 g/mol. The molecule has 2 fully saturated rings. The van der Waals surface area contributed by atoms with Crippen molar-refractivity contribution in [1.82, 2.24) is 5.32 Å². The molecule has 1 N–H and O–H groups in total. The molecule has 3 unspecified atom stereocenters. The fourth-order valence-corrected chi connectivity index (χ4v) is 4.51. The molecule has 1 aromatic rings. The third-order valence-corrected chi connectivity index (χ3v) is 6.42. The summed E-state index contributed by atoms with van der Waals surface area (Å²) in [5.74, 6) is 0.333. The Hall–Kier alpha value is -1.39. The highest BCUT2D eigenvalue weighted by molar-refractivity contribution is 5.77. The summed E-state index contributed by atoms with van der Waals surface area (Å²) in [7, 11) is 0. The smallest absolute Gasteiger partial charge is 0.312 e. The second-order valence-corrected chi connectivity index (χ2v) is 8.02. The van der Waals surface area contributed by atoms with Crippen molar-refractivity contribution in [1.29, 1.82) is 0 Å². The topological polar surface area (TPSA) is 47.6 Å². The van der Waals surface area contributed by atoms with E-state index in [0.29, 0.717) is 24.6 Å². The summed E-state index contributed by atoms with van der Waals surface area (Å²) in [6.07, 6.45) is 6.03. The minimum atomic E-state index is -0.341. The number of ether oxygens (including phenoxy) is 2. The molecule has 0 radical (unpaired) electrons. The number of hydrogen-bond acceptors (Lipinski definition) is 4. The van der Waals surface area contributed by atoms with Gasteiger partial charge >= 0.3 is 5.97 Å². The second kappa shape index (κ2) is 9.01. The van der Waals surface area contributed by atoms with E-state index in [1.54, 1.807) is 0 Å². The lowest BCUT2D eigenvalue weighted by molar-refractivity contribution is -0.160. The Labute approximate surface area is 157 Å². The predicted molar refractivity (Wildman–Crippen MR) is 103 cm³/mol. The van der Waals surface area contributed by atoms with Gasteiger partial charge in [0.1, 0.15) is 6.61 Å². The first-order chi connectivity index (χ1) is 12.6. The van der Waals surface area contributed by atoms with Gasteiger partial charge in [0.25, 0.3) is 0 Å². The third kappa shape index (κ3) is 4.47. The molecule has 1 aliphatic carbocycles. The molecule has 0 spiro atoms. The number of rotatable bonds is 7. The number of esters is 1. The van der Waals surface area contributed by atoms with Gasteiger partial charge in [0.05, 0.1) is 5.41 Å². The summed E-state index contributed by atoms with van der Waals surface area (Å²) in [6, 6.07) is 10.9. The van der Waals surface area contributed by atoms with Crippen LogP contribution < -0.4 is 5.32 Å². The van der Waals surface area contributed by atoms with Crippen LogP contribution in [0.5, 0.6) is 0 Å². The van der Waals surface area contributed by atoms with Crippen molar-refractivity contribution in [2.75, 3.05) is 13.2 Å². The molecule has 26 heavy (non-hydrogen) atoms. The van der Waals surface area contributed by atoms with Gasteiger partial charge < -0.3 is 14.8 Å². The molecule has 0 amide bonds. The van der Waals surface area contributed by atoms with Gasteiger partial charge in [-0.2, -0.15) is 0 Å². The monoisotopic (exact) mass is 359 g/mol. The van der Waals surface area contributed by atoms with E-state index in [0.717, 1.165) is 57.3 Å². The first-order valence-corrected chi connectivity index (χ1v) is 10.2.